The van der Waals surface area contributed by atoms with Gasteiger partial charge in [0.05, 0.1) is 6.20 Å². The molecule has 0 atom stereocenters. The third-order valence-corrected chi connectivity index (χ3v) is 14.9. The number of carbonyl (C=O) groups excluding carboxylic acids is 12. The monoisotopic (exact) mass is 1420 g/mol. The van der Waals surface area contributed by atoms with Gasteiger partial charge in [0, 0.05) is 52.4 Å². The summed E-state index contributed by atoms with van der Waals surface area (Å²) in [4.78, 5) is 161. The number of alkyl carbamates (subject to hydrolysis) is 4. The van der Waals surface area contributed by atoms with Crippen LogP contribution in [-0.2, 0) is 65.5 Å². The number of carbonyl (C=O) groups is 12. The maximum atomic E-state index is 14.5. The molecule has 1 aromatic carbocycles. The molecule has 35 nitrogen and oxygen atoms in total. The molecule has 8 N–H and O–H groups in total. The van der Waals surface area contributed by atoms with E-state index in [0.717, 1.165) is 10.9 Å². The maximum Gasteiger partial charge on any atom is 0.436 e. The Labute approximate surface area is 595 Å². The van der Waals surface area contributed by atoms with E-state index in [1.54, 1.807) is 30.3 Å². The lowest BCUT2D eigenvalue weighted by molar-refractivity contribution is -0.179. The van der Waals surface area contributed by atoms with Crippen molar-refractivity contribution in [2.45, 2.75) is 85.4 Å². The van der Waals surface area contributed by atoms with E-state index in [4.69, 9.17) is 69.3 Å². The van der Waals surface area contributed by atoms with Gasteiger partial charge in [-0.1, -0.05) is 35.5 Å². The van der Waals surface area contributed by atoms with Crippen LogP contribution in [0.4, 0.5) is 43.2 Å². The Morgan fingerprint density at radius 1 is 0.376 bits per heavy atom. The van der Waals surface area contributed by atoms with Crippen LogP contribution in [0.5, 0.6) is 0 Å². The molecule has 8 amide bonds. The summed E-state index contributed by atoms with van der Waals surface area (Å²) in [5.41, 5.74) is -5.55. The molecule has 0 unspecified atom stereocenters. The van der Waals surface area contributed by atoms with Crippen molar-refractivity contribution >= 4 is 103 Å². The van der Waals surface area contributed by atoms with Crippen molar-refractivity contribution in [3.05, 3.63) is 47.8 Å². The number of amides is 8. The predicted octanol–water partition coefficient (Wildman–Crippen LogP) is 0.877. The minimum Gasteiger partial charge on any atom is -0.464 e. The lowest BCUT2D eigenvalue weighted by Crippen LogP contribution is -2.47. The van der Waals surface area contributed by atoms with Crippen LogP contribution in [0.25, 0.3) is 0 Å². The highest BCUT2D eigenvalue weighted by molar-refractivity contribution is 6.57. The van der Waals surface area contributed by atoms with Crippen molar-refractivity contribution in [1.29, 1.82) is 0 Å². The fourth-order valence-electron chi connectivity index (χ4n) is 8.78. The molecule has 0 saturated heterocycles. The lowest BCUT2D eigenvalue weighted by atomic mass is 9.90. The number of hydrogen-bond acceptors (Lipinski definition) is 26. The molecule has 0 spiro atoms. The fraction of sp³-hybridized carbons (Fsp3) is 0.677. The van der Waals surface area contributed by atoms with Crippen molar-refractivity contribution in [3.8, 4) is 0 Å². The second-order valence-electron chi connectivity index (χ2n) is 24.8. The molecule has 1 heterocycles. The molecule has 1 aromatic heterocycles. The third kappa shape index (κ3) is 41.6. The fourth-order valence-corrected chi connectivity index (χ4v) is 8.78. The van der Waals surface area contributed by atoms with Gasteiger partial charge in [-0.3, -0.25) is 33.6 Å². The Hall–Kier alpha value is -8.70. The second-order valence-corrected chi connectivity index (χ2v) is 24.8. The number of esters is 3. The van der Waals surface area contributed by atoms with Gasteiger partial charge in [-0.25, -0.2) is 24.0 Å². The Balaban J connectivity index is 2.45. The molecule has 2 rings (SSSR count). The molecule has 2 aromatic rings. The van der Waals surface area contributed by atoms with Gasteiger partial charge in [0.15, 0.2) is 54.6 Å². The van der Waals surface area contributed by atoms with Gasteiger partial charge in [-0.05, 0) is 158 Å². The van der Waals surface area contributed by atoms with E-state index in [0.29, 0.717) is 135 Å². The van der Waals surface area contributed by atoms with Crippen LogP contribution in [0.15, 0.2) is 36.5 Å². The summed E-state index contributed by atoms with van der Waals surface area (Å²) >= 11 is 0. The van der Waals surface area contributed by atoms with Gasteiger partial charge < -0.3 is 100 Å². The van der Waals surface area contributed by atoms with Crippen LogP contribution in [-0.4, -0.2) is 310 Å². The first-order chi connectivity index (χ1) is 47.9. The minimum atomic E-state index is -2.17. The van der Waals surface area contributed by atoms with Crippen LogP contribution in [0.2, 0.25) is 0 Å². The molecule has 39 heteroatoms. The van der Waals surface area contributed by atoms with Gasteiger partial charge in [0.25, 0.3) is 0 Å². The summed E-state index contributed by atoms with van der Waals surface area (Å²) in [6.45, 7) is 4.68. The first-order valence-electron chi connectivity index (χ1n) is 33.1. The molecule has 0 aliphatic rings. The molecule has 0 fully saturated rings. The Bertz CT molecular complexity index is 2660. The third-order valence-electron chi connectivity index (χ3n) is 14.9. The number of rotatable bonds is 51. The number of benzene rings is 1. The Morgan fingerprint density at radius 3 is 0.931 bits per heavy atom. The zero-order valence-electron chi connectivity index (χ0n) is 59.2. The average Bonchev–Trinajstić information content (AvgIpc) is 0.971. The zero-order chi connectivity index (χ0) is 75.1. The van der Waals surface area contributed by atoms with Gasteiger partial charge in [-0.2, -0.15) is 4.68 Å². The maximum absolute atomic E-state index is 14.5. The highest BCUT2D eigenvalue weighted by Crippen LogP contribution is 2.28. The standard InChI is InChI=1S/C62H99B4N15O20/c1-60(48(82)94-39-47-37-81(76-75-47)59(93)95-38-46-19-9-8-10-20-46,40-96-49(83)61(2,42-98-55(89)71-25-15-33-77(4)29-11-21-67-51(63)85)43-99-56(90)72-26-16-34-78(5)30-12-22-68-52(64)86)41-97-50(84)62(3,44-100-57(91)73-27-17-35-79(6)31-13-23-69-53(65)87)45-101-58(92)74-28-18-36-80(7)32-14-24-70-54(66)88/h8-10,19-20,37H,11-18,21-36,38-45H2,1-7H3,(H,67,85)(H,68,86)(H,69,87)(H,70,88)(H,71,89)(H,72,90)(H,73,91)(H,74,92). The number of hydrogen-bond donors (Lipinski definition) is 8. The van der Waals surface area contributed by atoms with E-state index in [2.05, 4.69) is 52.8 Å². The van der Waals surface area contributed by atoms with E-state index in [1.165, 1.54) is 20.8 Å². The van der Waals surface area contributed by atoms with Gasteiger partial charge >= 0.3 is 48.4 Å². The topological polar surface area (TPSA) is 419 Å². The van der Waals surface area contributed by atoms with Crippen molar-refractivity contribution in [2.24, 2.45) is 16.2 Å². The van der Waals surface area contributed by atoms with Crippen molar-refractivity contribution in [1.82, 2.24) is 77.1 Å². The summed E-state index contributed by atoms with van der Waals surface area (Å²) in [6, 6.07) is 8.79. The first kappa shape index (κ1) is 88.4. The summed E-state index contributed by atoms with van der Waals surface area (Å²) in [7, 11) is 27.9. The predicted molar refractivity (Wildman–Crippen MR) is 369 cm³/mol. The number of aromatic nitrogens is 3. The largest absolute Gasteiger partial charge is 0.464 e. The first-order valence-corrected chi connectivity index (χ1v) is 33.1. The summed E-state index contributed by atoms with van der Waals surface area (Å²) < 4.78 is 45.4. The number of nitrogens with one attached hydrogen (secondary N) is 8. The van der Waals surface area contributed by atoms with Crippen molar-refractivity contribution in [2.75, 3.05) is 173 Å². The van der Waals surface area contributed by atoms with Crippen molar-refractivity contribution in [3.63, 3.8) is 0 Å². The highest BCUT2D eigenvalue weighted by Gasteiger charge is 2.46. The average molecular weight is 1420 g/mol. The number of nitrogens with zero attached hydrogens (tertiary/aromatic N) is 7. The smallest absolute Gasteiger partial charge is 0.436 e. The van der Waals surface area contributed by atoms with Gasteiger partial charge in [0.2, 0.25) is 0 Å². The molecule has 554 valence electrons. The summed E-state index contributed by atoms with van der Waals surface area (Å²) in [5, 5.41) is 28.1. The molecule has 0 aliphatic heterocycles. The zero-order valence-corrected chi connectivity index (χ0v) is 59.2. The lowest BCUT2D eigenvalue weighted by Gasteiger charge is -2.32. The van der Waals surface area contributed by atoms with E-state index in [1.807, 2.05) is 47.8 Å². The van der Waals surface area contributed by atoms with Gasteiger partial charge in [-0.15, -0.1) is 5.10 Å². The van der Waals surface area contributed by atoms with E-state index >= 15 is 0 Å². The van der Waals surface area contributed by atoms with E-state index in [9.17, 15) is 57.5 Å². The van der Waals surface area contributed by atoms with Crippen LogP contribution >= 0.6 is 0 Å². The summed E-state index contributed by atoms with van der Waals surface area (Å²) in [5.74, 6) is -6.09. The van der Waals surface area contributed by atoms with Crippen molar-refractivity contribution < 1.29 is 95.4 Å². The van der Waals surface area contributed by atoms with Crippen LogP contribution in [0.3, 0.4) is 0 Å². The molecule has 101 heavy (non-hydrogen) atoms. The van der Waals surface area contributed by atoms with Crippen LogP contribution < -0.4 is 42.5 Å². The normalized spacial score (nSPS) is 11.4. The Kier molecular flexibility index (Phi) is 43.6. The Morgan fingerprint density at radius 2 is 0.644 bits per heavy atom. The second kappa shape index (κ2) is 49.8. The molecular weight excluding hydrogens is 1320 g/mol. The molecule has 8 radical (unpaired) electrons. The van der Waals surface area contributed by atoms with Gasteiger partial charge in [0.1, 0.15) is 74.8 Å². The minimum absolute atomic E-state index is 0.0604. The quantitative estimate of drug-likeness (QED) is 0.0197. The van der Waals surface area contributed by atoms with Crippen LogP contribution in [0, 0.1) is 16.2 Å². The highest BCUT2D eigenvalue weighted by atomic mass is 16.6. The van der Waals surface area contributed by atoms with Crippen LogP contribution in [0.1, 0.15) is 83.4 Å². The SMILES string of the molecule is [B]C(=O)NCCCN(C)CCCNC(=O)OCC(C)(COC(=O)NCCCN(C)CCCNC([B])=O)C(=O)OCC(C)(COC(=O)C(C)(COC(=O)NCCCN(C)CCCNC([B])=O)COC(=O)NCCCN(C)CCCNC([B])=O)C(=O)OCc1cn(C(=O)OCc2ccccc2)nn1. The van der Waals surface area contributed by atoms with E-state index in [-0.39, 0.29) is 38.5 Å². The molecule has 0 bridgehead atoms. The molecule has 0 aliphatic carbocycles. The molecular formula is C62H99B4N15O20. The van der Waals surface area contributed by atoms with E-state index < -0.39 is 134 Å². The summed E-state index contributed by atoms with van der Waals surface area (Å²) in [6.07, 6.45) is 0.717. The number of ether oxygens (including phenoxy) is 8. The molecule has 0 saturated carbocycles.